The van der Waals surface area contributed by atoms with Gasteiger partial charge in [-0.2, -0.15) is 0 Å². The molecule has 0 aromatic heterocycles. The first-order valence-electron chi connectivity index (χ1n) is 7.06. The first kappa shape index (κ1) is 14.1. The topological polar surface area (TPSA) is 46.6 Å². The second kappa shape index (κ2) is 5.90. The number of allylic oxidation sites excluding steroid dienone is 2. The molecule has 2 atom stereocenters. The van der Waals surface area contributed by atoms with Gasteiger partial charge in [0.2, 0.25) is 11.8 Å². The van der Waals surface area contributed by atoms with Crippen molar-refractivity contribution in [2.45, 2.75) is 12.8 Å². The van der Waals surface area contributed by atoms with E-state index in [1.807, 2.05) is 24.3 Å². The van der Waals surface area contributed by atoms with E-state index in [1.54, 1.807) is 12.1 Å². The van der Waals surface area contributed by atoms with E-state index in [0.717, 1.165) is 0 Å². The summed E-state index contributed by atoms with van der Waals surface area (Å²) in [4.78, 5) is 25.8. The molecular formula is C16H16ClNO3. The predicted molar refractivity (Wildman–Crippen MR) is 79.0 cm³/mol. The van der Waals surface area contributed by atoms with Crippen LogP contribution in [0, 0.1) is 11.8 Å². The first-order chi connectivity index (χ1) is 10.2. The number of para-hydroxylation sites is 1. The number of hydrogen-bond acceptors (Lipinski definition) is 3. The largest absolute Gasteiger partial charge is 0.490 e. The molecule has 0 saturated carbocycles. The Morgan fingerprint density at radius 1 is 1.10 bits per heavy atom. The Morgan fingerprint density at radius 3 is 2.33 bits per heavy atom. The van der Waals surface area contributed by atoms with E-state index in [9.17, 15) is 9.59 Å². The van der Waals surface area contributed by atoms with Gasteiger partial charge in [-0.1, -0.05) is 35.9 Å². The van der Waals surface area contributed by atoms with Gasteiger partial charge in [-0.15, -0.1) is 0 Å². The molecule has 1 aliphatic heterocycles. The number of carbonyl (C=O) groups excluding carboxylic acids is 2. The van der Waals surface area contributed by atoms with Gasteiger partial charge in [-0.3, -0.25) is 14.5 Å². The van der Waals surface area contributed by atoms with E-state index in [2.05, 4.69) is 0 Å². The van der Waals surface area contributed by atoms with E-state index in [4.69, 9.17) is 16.3 Å². The molecule has 0 unspecified atom stereocenters. The Labute approximate surface area is 128 Å². The van der Waals surface area contributed by atoms with Crippen LogP contribution in [0.1, 0.15) is 12.8 Å². The minimum atomic E-state index is -0.178. The van der Waals surface area contributed by atoms with Gasteiger partial charge in [-0.25, -0.2) is 0 Å². The summed E-state index contributed by atoms with van der Waals surface area (Å²) in [6.07, 6.45) is 5.29. The summed E-state index contributed by atoms with van der Waals surface area (Å²) in [6, 6.07) is 7.15. The van der Waals surface area contributed by atoms with Gasteiger partial charge in [0.1, 0.15) is 12.4 Å². The first-order valence-corrected chi connectivity index (χ1v) is 7.44. The van der Waals surface area contributed by atoms with Crippen LogP contribution in [0.25, 0.3) is 0 Å². The van der Waals surface area contributed by atoms with Crippen LogP contribution in [0.2, 0.25) is 5.02 Å². The number of rotatable bonds is 4. The van der Waals surface area contributed by atoms with E-state index in [-0.39, 0.29) is 36.8 Å². The molecule has 21 heavy (non-hydrogen) atoms. The van der Waals surface area contributed by atoms with Crippen molar-refractivity contribution in [3.05, 3.63) is 41.4 Å². The second-order valence-electron chi connectivity index (χ2n) is 5.26. The SMILES string of the molecule is O=C1[C@@H]2CC=CC[C@H]2C(=O)N1CCOc1ccccc1Cl. The molecule has 110 valence electrons. The third-order valence-electron chi connectivity index (χ3n) is 4.01. The number of carbonyl (C=O) groups is 2. The molecule has 3 rings (SSSR count). The average Bonchev–Trinajstić information content (AvgIpc) is 2.74. The molecular weight excluding hydrogens is 290 g/mol. The number of fused-ring (bicyclic) bond motifs is 1. The molecule has 1 heterocycles. The maximum absolute atomic E-state index is 12.2. The molecule has 1 saturated heterocycles. The summed E-state index contributed by atoms with van der Waals surface area (Å²) in [5.41, 5.74) is 0. The van der Waals surface area contributed by atoms with Crippen molar-refractivity contribution >= 4 is 23.4 Å². The zero-order valence-corrected chi connectivity index (χ0v) is 12.3. The molecule has 1 aliphatic carbocycles. The lowest BCUT2D eigenvalue weighted by Gasteiger charge is -2.15. The molecule has 0 bridgehead atoms. The smallest absolute Gasteiger partial charge is 0.233 e. The minimum Gasteiger partial charge on any atom is -0.490 e. The number of nitrogens with zero attached hydrogens (tertiary/aromatic N) is 1. The van der Waals surface area contributed by atoms with Crippen molar-refractivity contribution in [1.29, 1.82) is 0 Å². The third-order valence-corrected chi connectivity index (χ3v) is 4.32. The van der Waals surface area contributed by atoms with Gasteiger partial charge < -0.3 is 4.74 Å². The fourth-order valence-electron chi connectivity index (χ4n) is 2.90. The fourth-order valence-corrected chi connectivity index (χ4v) is 3.09. The van der Waals surface area contributed by atoms with Gasteiger partial charge >= 0.3 is 0 Å². The number of halogens is 1. The van der Waals surface area contributed by atoms with Gasteiger partial charge in [0, 0.05) is 0 Å². The summed E-state index contributed by atoms with van der Waals surface area (Å²) in [5, 5.41) is 0.523. The fraction of sp³-hybridized carbons (Fsp3) is 0.375. The molecule has 0 N–H and O–H groups in total. The van der Waals surface area contributed by atoms with Crippen molar-refractivity contribution in [2.24, 2.45) is 11.8 Å². The Kier molecular flexibility index (Phi) is 3.97. The highest BCUT2D eigenvalue weighted by atomic mass is 35.5. The Balaban J connectivity index is 1.60. The Morgan fingerprint density at radius 2 is 1.71 bits per heavy atom. The molecule has 4 nitrogen and oxygen atoms in total. The van der Waals surface area contributed by atoms with Crippen LogP contribution >= 0.6 is 11.6 Å². The van der Waals surface area contributed by atoms with Crippen molar-refractivity contribution in [1.82, 2.24) is 4.90 Å². The van der Waals surface area contributed by atoms with Crippen molar-refractivity contribution < 1.29 is 14.3 Å². The van der Waals surface area contributed by atoms with Crippen LogP contribution in [0.3, 0.4) is 0 Å². The summed E-state index contributed by atoms with van der Waals surface area (Å²) in [7, 11) is 0. The zero-order chi connectivity index (χ0) is 14.8. The van der Waals surface area contributed by atoms with Crippen molar-refractivity contribution in [2.75, 3.05) is 13.2 Å². The quantitative estimate of drug-likeness (QED) is 0.634. The van der Waals surface area contributed by atoms with E-state index in [0.29, 0.717) is 23.6 Å². The lowest BCUT2D eigenvalue weighted by atomic mass is 9.85. The zero-order valence-electron chi connectivity index (χ0n) is 11.5. The number of imide groups is 1. The highest BCUT2D eigenvalue weighted by Gasteiger charge is 2.46. The van der Waals surface area contributed by atoms with E-state index >= 15 is 0 Å². The number of hydrogen-bond donors (Lipinski definition) is 0. The normalized spacial score (nSPS) is 24.3. The number of amides is 2. The van der Waals surface area contributed by atoms with Gasteiger partial charge in [-0.05, 0) is 25.0 Å². The van der Waals surface area contributed by atoms with Crippen LogP contribution in [-0.2, 0) is 9.59 Å². The molecule has 0 spiro atoms. The molecule has 1 aromatic rings. The molecule has 5 heteroatoms. The summed E-state index contributed by atoms with van der Waals surface area (Å²) in [5.74, 6) is 0.0668. The van der Waals surface area contributed by atoms with Crippen molar-refractivity contribution in [3.63, 3.8) is 0 Å². The second-order valence-corrected chi connectivity index (χ2v) is 5.67. The molecule has 2 aliphatic rings. The van der Waals surface area contributed by atoms with Crippen LogP contribution in [0.5, 0.6) is 5.75 Å². The van der Waals surface area contributed by atoms with E-state index < -0.39 is 0 Å². The number of ether oxygens (including phenoxy) is 1. The monoisotopic (exact) mass is 305 g/mol. The van der Waals surface area contributed by atoms with Gasteiger partial charge in [0.05, 0.1) is 23.4 Å². The summed E-state index contributed by atoms with van der Waals surface area (Å²) in [6.45, 7) is 0.532. The maximum atomic E-state index is 12.2. The van der Waals surface area contributed by atoms with Gasteiger partial charge in [0.15, 0.2) is 0 Å². The van der Waals surface area contributed by atoms with Crippen molar-refractivity contribution in [3.8, 4) is 5.75 Å². The molecule has 0 radical (unpaired) electrons. The third kappa shape index (κ3) is 2.68. The average molecular weight is 306 g/mol. The summed E-state index contributed by atoms with van der Waals surface area (Å²) < 4.78 is 5.56. The Hall–Kier alpha value is -1.81. The van der Waals surface area contributed by atoms with Gasteiger partial charge in [0.25, 0.3) is 0 Å². The Bertz CT molecular complexity index is 573. The standard InChI is InChI=1S/C16H16ClNO3/c17-13-7-3-4-8-14(13)21-10-9-18-15(19)11-5-1-2-6-12(11)16(18)20/h1-4,7-8,11-12H,5-6,9-10H2/t11-,12-/m1/s1. The molecule has 2 amide bonds. The predicted octanol–water partition coefficient (Wildman–Crippen LogP) is 2.67. The molecule has 1 fully saturated rings. The van der Waals surface area contributed by atoms with Crippen LogP contribution in [0.4, 0.5) is 0 Å². The highest BCUT2D eigenvalue weighted by molar-refractivity contribution is 6.32. The van der Waals surface area contributed by atoms with Crippen LogP contribution < -0.4 is 4.74 Å². The minimum absolute atomic E-state index is 0.0721. The van der Waals surface area contributed by atoms with Crippen LogP contribution in [-0.4, -0.2) is 29.9 Å². The molecule has 1 aromatic carbocycles. The van der Waals surface area contributed by atoms with E-state index in [1.165, 1.54) is 4.90 Å². The number of likely N-dealkylation sites (tertiary alicyclic amines) is 1. The highest BCUT2D eigenvalue weighted by Crippen LogP contribution is 2.34. The van der Waals surface area contributed by atoms with Crippen LogP contribution in [0.15, 0.2) is 36.4 Å². The summed E-state index contributed by atoms with van der Waals surface area (Å²) >= 11 is 6.00. The lowest BCUT2D eigenvalue weighted by molar-refractivity contribution is -0.140. The maximum Gasteiger partial charge on any atom is 0.233 e. The number of benzene rings is 1. The lowest BCUT2D eigenvalue weighted by Crippen LogP contribution is -2.34.